The number of H-pyrrole nitrogens is 1. The van der Waals surface area contributed by atoms with Crippen LogP contribution in [0.4, 0.5) is 0 Å². The molecule has 1 heterocycles. The van der Waals surface area contributed by atoms with Crippen LogP contribution in [0, 0.1) is 0 Å². The van der Waals surface area contributed by atoms with Crippen LogP contribution < -0.4 is 5.32 Å². The second-order valence-electron chi connectivity index (χ2n) is 4.71. The second kappa shape index (κ2) is 3.09. The van der Waals surface area contributed by atoms with Gasteiger partial charge in [0.05, 0.1) is 8.80 Å². The van der Waals surface area contributed by atoms with E-state index in [0.717, 1.165) is 0 Å². The second-order valence-corrected chi connectivity index (χ2v) is 7.60. The maximum atomic E-state index is 3.37. The molecule has 1 rings (SSSR count). The standard InChI is InChI=1S/C10H19NSi/c1-10(2,3)8-6-7-11-9(8)12(4)5/h6-7,11-12H,1-5H3. The number of rotatable bonds is 1. The van der Waals surface area contributed by atoms with E-state index in [0.29, 0.717) is 5.41 Å². The minimum atomic E-state index is -0.675. The van der Waals surface area contributed by atoms with E-state index in [9.17, 15) is 0 Å². The third kappa shape index (κ3) is 1.80. The van der Waals surface area contributed by atoms with Gasteiger partial charge >= 0.3 is 0 Å². The molecule has 0 atom stereocenters. The third-order valence-electron chi connectivity index (χ3n) is 2.16. The van der Waals surface area contributed by atoms with Gasteiger partial charge in [0.15, 0.2) is 0 Å². The number of hydrogen-bond donors (Lipinski definition) is 1. The van der Waals surface area contributed by atoms with Crippen LogP contribution in [0.15, 0.2) is 12.3 Å². The summed E-state index contributed by atoms with van der Waals surface area (Å²) in [6.45, 7) is 11.5. The van der Waals surface area contributed by atoms with Crippen molar-refractivity contribution < 1.29 is 0 Å². The van der Waals surface area contributed by atoms with Crippen LogP contribution in [0.2, 0.25) is 13.1 Å². The number of aromatic amines is 1. The molecule has 0 radical (unpaired) electrons. The average Bonchev–Trinajstić information content (AvgIpc) is 2.30. The molecule has 2 heteroatoms. The Labute approximate surface area is 76.8 Å². The molecule has 0 saturated carbocycles. The van der Waals surface area contributed by atoms with Crippen LogP contribution in [-0.2, 0) is 5.41 Å². The minimum absolute atomic E-state index is 0.298. The summed E-state index contributed by atoms with van der Waals surface area (Å²) in [4.78, 5) is 3.37. The highest BCUT2D eigenvalue weighted by atomic mass is 28.3. The predicted octanol–water partition coefficient (Wildman–Crippen LogP) is 2.01. The molecule has 1 N–H and O–H groups in total. The van der Waals surface area contributed by atoms with Crippen LogP contribution in [0.25, 0.3) is 0 Å². The van der Waals surface area contributed by atoms with Crippen molar-refractivity contribution in [2.75, 3.05) is 0 Å². The van der Waals surface area contributed by atoms with Crippen molar-refractivity contribution >= 4 is 14.1 Å². The summed E-state index contributed by atoms with van der Waals surface area (Å²) in [6, 6.07) is 2.22. The molecule has 0 bridgehead atoms. The van der Waals surface area contributed by atoms with E-state index < -0.39 is 8.80 Å². The van der Waals surface area contributed by atoms with Crippen molar-refractivity contribution in [3.05, 3.63) is 17.8 Å². The molecule has 0 aliphatic carbocycles. The fourth-order valence-electron chi connectivity index (χ4n) is 1.51. The van der Waals surface area contributed by atoms with E-state index in [1.54, 1.807) is 0 Å². The lowest BCUT2D eigenvalue weighted by atomic mass is 9.89. The molecule has 1 aromatic rings. The maximum Gasteiger partial charge on any atom is 0.0857 e. The smallest absolute Gasteiger partial charge is 0.0857 e. The monoisotopic (exact) mass is 181 g/mol. The van der Waals surface area contributed by atoms with Crippen molar-refractivity contribution in [3.63, 3.8) is 0 Å². The first-order chi connectivity index (χ1) is 5.43. The van der Waals surface area contributed by atoms with Crippen LogP contribution in [0.1, 0.15) is 26.3 Å². The fraction of sp³-hybridized carbons (Fsp3) is 0.600. The SMILES string of the molecule is C[SiH](C)c1[nH]ccc1C(C)(C)C. The molecule has 0 saturated heterocycles. The van der Waals surface area contributed by atoms with Crippen molar-refractivity contribution in [1.29, 1.82) is 0 Å². The Morgan fingerprint density at radius 3 is 2.17 bits per heavy atom. The fourth-order valence-corrected chi connectivity index (χ4v) is 3.09. The Hall–Kier alpha value is -0.503. The van der Waals surface area contributed by atoms with Crippen molar-refractivity contribution in [1.82, 2.24) is 4.98 Å². The highest BCUT2D eigenvalue weighted by molar-refractivity contribution is 6.70. The highest BCUT2D eigenvalue weighted by Crippen LogP contribution is 2.20. The predicted molar refractivity (Wildman–Crippen MR) is 58.0 cm³/mol. The molecule has 0 fully saturated rings. The van der Waals surface area contributed by atoms with Crippen LogP contribution >= 0.6 is 0 Å². The zero-order valence-electron chi connectivity index (χ0n) is 8.73. The molecule has 68 valence electrons. The molecular formula is C10H19NSi. The van der Waals surface area contributed by atoms with Gasteiger partial charge < -0.3 is 4.98 Å². The summed E-state index contributed by atoms with van der Waals surface area (Å²) >= 11 is 0. The topological polar surface area (TPSA) is 15.8 Å². The van der Waals surface area contributed by atoms with Gasteiger partial charge in [0.25, 0.3) is 0 Å². The summed E-state index contributed by atoms with van der Waals surface area (Å²) < 4.78 is 0. The van der Waals surface area contributed by atoms with Crippen LogP contribution in [-0.4, -0.2) is 13.8 Å². The van der Waals surface area contributed by atoms with Gasteiger partial charge in [-0.05, 0) is 22.4 Å². The van der Waals surface area contributed by atoms with Crippen molar-refractivity contribution in [2.45, 2.75) is 39.3 Å². The summed E-state index contributed by atoms with van der Waals surface area (Å²) in [5, 5.41) is 1.52. The van der Waals surface area contributed by atoms with E-state index in [-0.39, 0.29) is 0 Å². The quantitative estimate of drug-likeness (QED) is 0.638. The first kappa shape index (κ1) is 9.58. The Morgan fingerprint density at radius 2 is 1.83 bits per heavy atom. The summed E-state index contributed by atoms with van der Waals surface area (Å²) in [5.74, 6) is 0. The lowest BCUT2D eigenvalue weighted by Crippen LogP contribution is -2.32. The summed E-state index contributed by atoms with van der Waals surface area (Å²) in [7, 11) is -0.675. The van der Waals surface area contributed by atoms with Gasteiger partial charge in [-0.1, -0.05) is 33.9 Å². The summed E-state index contributed by atoms with van der Waals surface area (Å²) in [5.41, 5.74) is 1.80. The Bertz CT molecular complexity index is 255. The lowest BCUT2D eigenvalue weighted by Gasteiger charge is -2.20. The van der Waals surface area contributed by atoms with Crippen LogP contribution in [0.3, 0.4) is 0 Å². The molecule has 0 spiro atoms. The zero-order chi connectivity index (χ0) is 9.35. The highest BCUT2D eigenvalue weighted by Gasteiger charge is 2.19. The Balaban J connectivity index is 3.08. The average molecular weight is 181 g/mol. The van der Waals surface area contributed by atoms with Crippen LogP contribution in [0.5, 0.6) is 0 Å². The van der Waals surface area contributed by atoms with E-state index >= 15 is 0 Å². The molecule has 1 nitrogen and oxygen atoms in total. The van der Waals surface area contributed by atoms with E-state index in [2.05, 4.69) is 51.1 Å². The van der Waals surface area contributed by atoms with Crippen molar-refractivity contribution in [2.24, 2.45) is 0 Å². The first-order valence-corrected chi connectivity index (χ1v) is 7.49. The largest absolute Gasteiger partial charge is 0.369 e. The number of aromatic nitrogens is 1. The van der Waals surface area contributed by atoms with Gasteiger partial charge in [-0.2, -0.15) is 0 Å². The molecule has 12 heavy (non-hydrogen) atoms. The molecule has 0 unspecified atom stereocenters. The molecule has 1 aromatic heterocycles. The molecule has 0 aromatic carbocycles. The van der Waals surface area contributed by atoms with Gasteiger partial charge in [-0.15, -0.1) is 0 Å². The van der Waals surface area contributed by atoms with Gasteiger partial charge in [-0.3, -0.25) is 0 Å². The first-order valence-electron chi connectivity index (χ1n) is 4.60. The number of nitrogens with one attached hydrogen (secondary N) is 1. The normalized spacial score (nSPS) is 12.5. The van der Waals surface area contributed by atoms with E-state index in [1.807, 2.05) is 0 Å². The number of hydrogen-bond acceptors (Lipinski definition) is 0. The van der Waals surface area contributed by atoms with E-state index in [4.69, 9.17) is 0 Å². The van der Waals surface area contributed by atoms with Gasteiger partial charge in [0, 0.05) is 6.20 Å². The van der Waals surface area contributed by atoms with Gasteiger partial charge in [0.1, 0.15) is 0 Å². The maximum absolute atomic E-state index is 3.37. The molecular weight excluding hydrogens is 162 g/mol. The Morgan fingerprint density at radius 1 is 1.25 bits per heavy atom. The van der Waals surface area contributed by atoms with Gasteiger partial charge in [0.2, 0.25) is 0 Å². The molecule has 0 amide bonds. The molecule has 0 aliphatic heterocycles. The lowest BCUT2D eigenvalue weighted by molar-refractivity contribution is 0.595. The molecule has 0 aliphatic rings. The Kier molecular flexibility index (Phi) is 2.47. The zero-order valence-corrected chi connectivity index (χ0v) is 9.89. The minimum Gasteiger partial charge on any atom is -0.369 e. The van der Waals surface area contributed by atoms with Gasteiger partial charge in [-0.25, -0.2) is 0 Å². The third-order valence-corrected chi connectivity index (χ3v) is 3.80. The summed E-state index contributed by atoms with van der Waals surface area (Å²) in [6.07, 6.45) is 2.07. The van der Waals surface area contributed by atoms with Crippen molar-refractivity contribution in [3.8, 4) is 0 Å². The van der Waals surface area contributed by atoms with E-state index in [1.165, 1.54) is 10.9 Å².